The molecule has 1 amide bonds. The fraction of sp³-hybridized carbons (Fsp3) is 0.125. The van der Waals surface area contributed by atoms with Gasteiger partial charge in [-0.2, -0.15) is 10.4 Å². The van der Waals surface area contributed by atoms with Gasteiger partial charge in [-0.25, -0.2) is 13.8 Å². The third kappa shape index (κ3) is 6.92. The van der Waals surface area contributed by atoms with E-state index in [4.69, 9.17) is 10.00 Å². The van der Waals surface area contributed by atoms with Gasteiger partial charge in [-0.15, -0.1) is 0 Å². The molecule has 0 aliphatic carbocycles. The van der Waals surface area contributed by atoms with Crippen molar-refractivity contribution in [3.63, 3.8) is 0 Å². The number of rotatable bonds is 9. The van der Waals surface area contributed by atoms with Crippen LogP contribution in [0.25, 0.3) is 0 Å². The highest BCUT2D eigenvalue weighted by Gasteiger charge is 2.17. The van der Waals surface area contributed by atoms with E-state index in [1.165, 1.54) is 10.5 Å². The van der Waals surface area contributed by atoms with E-state index in [1.54, 1.807) is 72.8 Å². The number of benzene rings is 3. The van der Waals surface area contributed by atoms with Crippen molar-refractivity contribution in [1.29, 1.82) is 5.26 Å². The number of para-hydroxylation sites is 1. The number of hydrazone groups is 1. The zero-order valence-corrected chi connectivity index (χ0v) is 18.7. The van der Waals surface area contributed by atoms with Crippen molar-refractivity contribution in [2.75, 3.05) is 17.2 Å². The summed E-state index contributed by atoms with van der Waals surface area (Å²) < 4.78 is 31.0. The quantitative estimate of drug-likeness (QED) is 0.387. The Morgan fingerprint density at radius 1 is 1.06 bits per heavy atom. The van der Waals surface area contributed by atoms with Gasteiger partial charge in [0.15, 0.2) is 6.61 Å². The highest BCUT2D eigenvalue weighted by atomic mass is 32.2. The van der Waals surface area contributed by atoms with Crippen molar-refractivity contribution in [2.24, 2.45) is 5.10 Å². The molecular formula is C24H22N4O4S. The molecule has 0 saturated heterocycles. The number of sulfonamides is 1. The van der Waals surface area contributed by atoms with E-state index in [-0.39, 0.29) is 13.2 Å². The van der Waals surface area contributed by atoms with Crippen LogP contribution in [0, 0.1) is 11.3 Å². The van der Waals surface area contributed by atoms with E-state index < -0.39 is 15.9 Å². The zero-order chi connectivity index (χ0) is 23.7. The van der Waals surface area contributed by atoms with E-state index >= 15 is 0 Å². The van der Waals surface area contributed by atoms with Crippen LogP contribution in [0.2, 0.25) is 0 Å². The normalized spacial score (nSPS) is 11.0. The molecule has 9 heteroatoms. The van der Waals surface area contributed by atoms with Gasteiger partial charge < -0.3 is 4.74 Å². The van der Waals surface area contributed by atoms with Gasteiger partial charge in [0, 0.05) is 5.56 Å². The smallest absolute Gasteiger partial charge is 0.271 e. The van der Waals surface area contributed by atoms with Gasteiger partial charge in [0.2, 0.25) is 10.0 Å². The second kappa shape index (κ2) is 10.9. The summed E-state index contributed by atoms with van der Waals surface area (Å²) >= 11 is 0. The summed E-state index contributed by atoms with van der Waals surface area (Å²) in [6, 6.07) is 24.3. The average Bonchev–Trinajstić information content (AvgIpc) is 2.82. The molecule has 0 heterocycles. The molecular weight excluding hydrogens is 440 g/mol. The minimum Gasteiger partial charge on any atom is -0.479 e. The molecule has 33 heavy (non-hydrogen) atoms. The van der Waals surface area contributed by atoms with Crippen LogP contribution in [-0.4, -0.2) is 33.4 Å². The lowest BCUT2D eigenvalue weighted by atomic mass is 10.1. The second-order valence-electron chi connectivity index (χ2n) is 7.02. The fourth-order valence-corrected chi connectivity index (χ4v) is 3.81. The summed E-state index contributed by atoms with van der Waals surface area (Å²) in [5, 5.41) is 12.5. The topological polar surface area (TPSA) is 112 Å². The van der Waals surface area contributed by atoms with Crippen molar-refractivity contribution < 1.29 is 17.9 Å². The minimum atomic E-state index is -3.48. The van der Waals surface area contributed by atoms with Gasteiger partial charge in [-0.05, 0) is 59.7 Å². The van der Waals surface area contributed by atoms with Crippen LogP contribution >= 0.6 is 0 Å². The van der Waals surface area contributed by atoms with Crippen molar-refractivity contribution in [2.45, 2.75) is 6.54 Å². The number of hydrogen-bond acceptors (Lipinski definition) is 6. The Labute approximate surface area is 192 Å². The van der Waals surface area contributed by atoms with Crippen LogP contribution < -0.4 is 14.5 Å². The number of nitrogens with one attached hydrogen (secondary N) is 1. The molecule has 1 N–H and O–H groups in total. The number of amides is 1. The maximum atomic E-state index is 12.3. The first-order chi connectivity index (χ1) is 15.9. The first kappa shape index (κ1) is 23.5. The minimum absolute atomic E-state index is 0.0270. The molecule has 0 saturated carbocycles. The lowest BCUT2D eigenvalue weighted by molar-refractivity contribution is 0.0955. The summed E-state index contributed by atoms with van der Waals surface area (Å²) in [4.78, 5) is 12.3. The third-order valence-corrected chi connectivity index (χ3v) is 5.69. The van der Waals surface area contributed by atoms with Gasteiger partial charge in [0.25, 0.3) is 5.91 Å². The SMILES string of the molecule is CS(=O)(=O)N(Cc1ccc(C(=O)N/N=C\c2ccc(OCC#N)cc2)cc1)c1ccccc1. The predicted octanol–water partition coefficient (Wildman–Crippen LogP) is 3.32. The van der Waals surface area contributed by atoms with E-state index in [2.05, 4.69) is 10.5 Å². The van der Waals surface area contributed by atoms with Crippen molar-refractivity contribution in [3.8, 4) is 11.8 Å². The van der Waals surface area contributed by atoms with Gasteiger partial charge in [0.1, 0.15) is 11.8 Å². The molecule has 0 aliphatic heterocycles. The molecule has 0 fully saturated rings. The number of hydrogen-bond donors (Lipinski definition) is 1. The Balaban J connectivity index is 1.60. The highest BCUT2D eigenvalue weighted by Crippen LogP contribution is 2.20. The molecule has 0 spiro atoms. The monoisotopic (exact) mass is 462 g/mol. The predicted molar refractivity (Wildman–Crippen MR) is 127 cm³/mol. The van der Waals surface area contributed by atoms with Crippen LogP contribution in [0.4, 0.5) is 5.69 Å². The maximum Gasteiger partial charge on any atom is 0.271 e. The summed E-state index contributed by atoms with van der Waals surface area (Å²) in [5.41, 5.74) is 4.90. The first-order valence-electron chi connectivity index (χ1n) is 9.92. The van der Waals surface area contributed by atoms with Crippen LogP contribution in [-0.2, 0) is 16.6 Å². The average molecular weight is 463 g/mol. The van der Waals surface area contributed by atoms with Gasteiger partial charge in [-0.3, -0.25) is 9.10 Å². The summed E-state index contributed by atoms with van der Waals surface area (Å²) in [6.07, 6.45) is 2.65. The molecule has 168 valence electrons. The standard InChI is InChI=1S/C24H22N4O4S/c1-33(30,31)28(22-5-3-2-4-6-22)18-20-7-11-21(12-8-20)24(29)27-26-17-19-9-13-23(14-10-19)32-16-15-25/h2-14,17H,16,18H2,1H3,(H,27,29)/b26-17-. The third-order valence-electron chi connectivity index (χ3n) is 4.55. The van der Waals surface area contributed by atoms with E-state index in [0.717, 1.165) is 17.4 Å². The van der Waals surface area contributed by atoms with Gasteiger partial charge in [-0.1, -0.05) is 30.3 Å². The molecule has 8 nitrogen and oxygen atoms in total. The number of carbonyl (C=O) groups excluding carboxylic acids is 1. The maximum absolute atomic E-state index is 12.3. The van der Waals surface area contributed by atoms with E-state index in [1.807, 2.05) is 12.1 Å². The molecule has 3 aromatic carbocycles. The number of nitrogens with zero attached hydrogens (tertiary/aromatic N) is 3. The molecule has 0 aliphatic rings. The molecule has 0 aromatic heterocycles. The highest BCUT2D eigenvalue weighted by molar-refractivity contribution is 7.92. The molecule has 0 radical (unpaired) electrons. The Bertz CT molecular complexity index is 1250. The lowest BCUT2D eigenvalue weighted by Gasteiger charge is -2.22. The molecule has 3 aromatic rings. The van der Waals surface area contributed by atoms with Crippen molar-refractivity contribution in [1.82, 2.24) is 5.43 Å². The molecule has 0 unspecified atom stereocenters. The van der Waals surface area contributed by atoms with Crippen LogP contribution in [0.15, 0.2) is 84.0 Å². The summed E-state index contributed by atoms with van der Waals surface area (Å²) in [7, 11) is -3.48. The summed E-state index contributed by atoms with van der Waals surface area (Å²) in [5.74, 6) is 0.175. The number of ether oxygens (including phenoxy) is 1. The van der Waals surface area contributed by atoms with Crippen molar-refractivity contribution in [3.05, 3.63) is 95.6 Å². The Morgan fingerprint density at radius 3 is 2.33 bits per heavy atom. The van der Waals surface area contributed by atoms with Crippen LogP contribution in [0.3, 0.4) is 0 Å². The molecule has 3 rings (SSSR count). The van der Waals surface area contributed by atoms with E-state index in [9.17, 15) is 13.2 Å². The Morgan fingerprint density at radius 2 is 1.73 bits per heavy atom. The number of nitriles is 1. The van der Waals surface area contributed by atoms with Crippen LogP contribution in [0.1, 0.15) is 21.5 Å². The number of anilines is 1. The molecule has 0 atom stereocenters. The largest absolute Gasteiger partial charge is 0.479 e. The lowest BCUT2D eigenvalue weighted by Crippen LogP contribution is -2.29. The van der Waals surface area contributed by atoms with Crippen molar-refractivity contribution >= 4 is 27.8 Å². The molecule has 0 bridgehead atoms. The van der Waals surface area contributed by atoms with Gasteiger partial charge in [0.05, 0.1) is 24.7 Å². The Kier molecular flexibility index (Phi) is 7.78. The number of carbonyl (C=O) groups is 1. The Hall–Kier alpha value is -4.16. The first-order valence-corrected chi connectivity index (χ1v) is 11.8. The van der Waals surface area contributed by atoms with Crippen LogP contribution in [0.5, 0.6) is 5.75 Å². The second-order valence-corrected chi connectivity index (χ2v) is 8.92. The fourth-order valence-electron chi connectivity index (χ4n) is 2.92. The summed E-state index contributed by atoms with van der Waals surface area (Å²) in [6.45, 7) is 0.123. The zero-order valence-electron chi connectivity index (χ0n) is 17.9. The van der Waals surface area contributed by atoms with Gasteiger partial charge >= 0.3 is 0 Å². The van der Waals surface area contributed by atoms with E-state index in [0.29, 0.717) is 17.0 Å².